The second kappa shape index (κ2) is 14.2. The molecule has 0 radical (unpaired) electrons. The van der Waals surface area contributed by atoms with Crippen LogP contribution in [-0.2, 0) is 22.6 Å². The zero-order valence-corrected chi connectivity index (χ0v) is 21.6. The number of carbonyl (C=O) groups is 3. The fourth-order valence-electron chi connectivity index (χ4n) is 4.37. The molecule has 2 aromatic carbocycles. The largest absolute Gasteiger partial charge is 0.490 e. The molecule has 2 aromatic rings. The van der Waals surface area contributed by atoms with Crippen LogP contribution in [0.2, 0.25) is 0 Å². The number of halogens is 3. The van der Waals surface area contributed by atoms with Crippen molar-refractivity contribution in [2.45, 2.75) is 44.3 Å². The number of guanidine groups is 1. The van der Waals surface area contributed by atoms with Crippen molar-refractivity contribution >= 4 is 23.8 Å². The highest BCUT2D eigenvalue weighted by atomic mass is 19.4. The van der Waals surface area contributed by atoms with E-state index >= 15 is 0 Å². The number of alkyl halides is 3. The van der Waals surface area contributed by atoms with Gasteiger partial charge in [0.05, 0.1) is 6.42 Å². The van der Waals surface area contributed by atoms with E-state index in [1.165, 1.54) is 0 Å². The number of rotatable bonds is 7. The Morgan fingerprint density at radius 2 is 1.80 bits per heavy atom. The first-order chi connectivity index (χ1) is 19.0. The Labute approximate surface area is 229 Å². The van der Waals surface area contributed by atoms with Gasteiger partial charge >= 0.3 is 18.1 Å². The van der Waals surface area contributed by atoms with Gasteiger partial charge in [-0.3, -0.25) is 14.6 Å². The molecule has 1 aliphatic carbocycles. The molecule has 4 rings (SSSR count). The number of aliphatic imine (C=N–C) groups is 1. The zero-order chi connectivity index (χ0) is 29.1. The van der Waals surface area contributed by atoms with Crippen molar-refractivity contribution in [1.29, 1.82) is 0 Å². The molecular formula is C28H31F3N4O5. The first kappa shape index (κ1) is 30.2. The lowest BCUT2D eigenvalue weighted by Gasteiger charge is -2.18. The van der Waals surface area contributed by atoms with E-state index in [4.69, 9.17) is 9.90 Å². The van der Waals surface area contributed by atoms with Crippen molar-refractivity contribution in [2.24, 2.45) is 4.99 Å². The van der Waals surface area contributed by atoms with Crippen LogP contribution in [0.4, 0.5) is 13.2 Å². The van der Waals surface area contributed by atoms with Crippen LogP contribution in [0.5, 0.6) is 0 Å². The molecule has 1 amide bonds. The number of nitrogens with one attached hydrogen (secondary N) is 3. The Kier molecular flexibility index (Phi) is 10.7. The zero-order valence-electron chi connectivity index (χ0n) is 21.6. The van der Waals surface area contributed by atoms with Gasteiger partial charge in [0.15, 0.2) is 5.96 Å². The van der Waals surface area contributed by atoms with Crippen LogP contribution >= 0.6 is 0 Å². The molecule has 0 aromatic heterocycles. The quantitative estimate of drug-likeness (QED) is 0.326. The molecule has 1 aliphatic heterocycles. The van der Waals surface area contributed by atoms with Crippen LogP contribution in [-0.4, -0.2) is 59.8 Å². The number of fused-ring (bicyclic) bond motifs is 1. The topological polar surface area (TPSA) is 140 Å². The van der Waals surface area contributed by atoms with E-state index in [2.05, 4.69) is 33.1 Å². The number of benzene rings is 2. The van der Waals surface area contributed by atoms with Crippen molar-refractivity contribution in [2.75, 3.05) is 19.6 Å². The Hall–Kier alpha value is -4.35. The SMILES string of the molecule is O=C(O)C(F)(F)F.O=C(O)CC1CC(CNC(=O)c2cccc(CNC3=NCCCN3)c2)=CCc2ccccc21. The molecule has 0 saturated heterocycles. The van der Waals surface area contributed by atoms with E-state index in [-0.39, 0.29) is 18.2 Å². The van der Waals surface area contributed by atoms with Gasteiger partial charge in [-0.15, -0.1) is 0 Å². The van der Waals surface area contributed by atoms with Crippen LogP contribution in [0.3, 0.4) is 0 Å². The van der Waals surface area contributed by atoms with E-state index in [1.807, 2.05) is 36.4 Å². The molecule has 9 nitrogen and oxygen atoms in total. The lowest BCUT2D eigenvalue weighted by molar-refractivity contribution is -0.192. The molecule has 1 atom stereocenters. The number of carbonyl (C=O) groups excluding carboxylic acids is 1. The van der Waals surface area contributed by atoms with Crippen LogP contribution < -0.4 is 16.0 Å². The summed E-state index contributed by atoms with van der Waals surface area (Å²) in [5.41, 5.74) is 4.91. The first-order valence-corrected chi connectivity index (χ1v) is 12.7. The Balaban J connectivity index is 0.000000559. The number of aliphatic carboxylic acids is 2. The van der Waals surface area contributed by atoms with Crippen molar-refractivity contribution in [3.63, 3.8) is 0 Å². The molecule has 0 saturated carbocycles. The highest BCUT2D eigenvalue weighted by Crippen LogP contribution is 2.33. The van der Waals surface area contributed by atoms with Gasteiger partial charge < -0.3 is 26.2 Å². The maximum atomic E-state index is 12.8. The van der Waals surface area contributed by atoms with Crippen molar-refractivity contribution in [1.82, 2.24) is 16.0 Å². The molecule has 0 spiro atoms. The number of nitrogens with zero attached hydrogens (tertiary/aromatic N) is 1. The first-order valence-electron chi connectivity index (χ1n) is 12.7. The predicted molar refractivity (Wildman–Crippen MR) is 142 cm³/mol. The van der Waals surface area contributed by atoms with Gasteiger partial charge in [0.25, 0.3) is 5.91 Å². The summed E-state index contributed by atoms with van der Waals surface area (Å²) in [5.74, 6) is -2.99. The summed E-state index contributed by atoms with van der Waals surface area (Å²) in [5, 5.41) is 26.0. The lowest BCUT2D eigenvalue weighted by Crippen LogP contribution is -2.40. The number of carboxylic acid groups (broad SMARTS) is 2. The van der Waals surface area contributed by atoms with Crippen LogP contribution in [0.15, 0.2) is 65.2 Å². The minimum Gasteiger partial charge on any atom is -0.481 e. The fourth-order valence-corrected chi connectivity index (χ4v) is 4.37. The molecule has 5 N–H and O–H groups in total. The maximum Gasteiger partial charge on any atom is 0.490 e. The molecule has 40 heavy (non-hydrogen) atoms. The normalized spacial score (nSPS) is 16.4. The Morgan fingerprint density at radius 3 is 2.48 bits per heavy atom. The van der Waals surface area contributed by atoms with Crippen LogP contribution in [0, 0.1) is 0 Å². The van der Waals surface area contributed by atoms with E-state index in [0.29, 0.717) is 25.1 Å². The molecule has 0 bridgehead atoms. The van der Waals surface area contributed by atoms with Gasteiger partial charge in [0.2, 0.25) is 0 Å². The van der Waals surface area contributed by atoms with Gasteiger partial charge in [-0.2, -0.15) is 13.2 Å². The minimum absolute atomic E-state index is 0.0808. The van der Waals surface area contributed by atoms with Crippen molar-refractivity contribution in [3.05, 3.63) is 82.4 Å². The van der Waals surface area contributed by atoms with Gasteiger partial charge in [-0.25, -0.2) is 4.79 Å². The van der Waals surface area contributed by atoms with Gasteiger partial charge in [0, 0.05) is 31.7 Å². The number of amides is 1. The summed E-state index contributed by atoms with van der Waals surface area (Å²) in [4.78, 5) is 37.5. The fraction of sp³-hybridized carbons (Fsp3) is 0.357. The van der Waals surface area contributed by atoms with Crippen molar-refractivity contribution < 1.29 is 37.8 Å². The third-order valence-corrected chi connectivity index (χ3v) is 6.30. The van der Waals surface area contributed by atoms with E-state index < -0.39 is 18.1 Å². The molecule has 214 valence electrons. The number of hydrogen-bond donors (Lipinski definition) is 5. The lowest BCUT2D eigenvalue weighted by atomic mass is 9.88. The maximum absolute atomic E-state index is 12.8. The third-order valence-electron chi connectivity index (χ3n) is 6.30. The van der Waals surface area contributed by atoms with Gasteiger partial charge in [-0.1, -0.05) is 48.0 Å². The minimum atomic E-state index is -5.08. The second-order valence-electron chi connectivity index (χ2n) is 9.31. The second-order valence-corrected chi connectivity index (χ2v) is 9.31. The number of carboxylic acids is 2. The summed E-state index contributed by atoms with van der Waals surface area (Å²) in [7, 11) is 0. The van der Waals surface area contributed by atoms with Crippen LogP contribution in [0.1, 0.15) is 52.2 Å². The Bertz CT molecular complexity index is 1280. The third kappa shape index (κ3) is 9.44. The van der Waals surface area contributed by atoms with E-state index in [0.717, 1.165) is 54.2 Å². The van der Waals surface area contributed by atoms with Crippen molar-refractivity contribution in [3.8, 4) is 0 Å². The smallest absolute Gasteiger partial charge is 0.481 e. The monoisotopic (exact) mass is 560 g/mol. The Morgan fingerprint density at radius 1 is 1.05 bits per heavy atom. The highest BCUT2D eigenvalue weighted by molar-refractivity contribution is 5.94. The molecule has 2 aliphatic rings. The molecular weight excluding hydrogens is 529 g/mol. The summed E-state index contributed by atoms with van der Waals surface area (Å²) in [6.07, 6.45) is -0.462. The van der Waals surface area contributed by atoms with Gasteiger partial charge in [0.1, 0.15) is 0 Å². The average molecular weight is 561 g/mol. The van der Waals surface area contributed by atoms with E-state index in [9.17, 15) is 27.9 Å². The highest BCUT2D eigenvalue weighted by Gasteiger charge is 2.38. The average Bonchev–Trinajstić information content (AvgIpc) is 3.10. The van der Waals surface area contributed by atoms with Crippen LogP contribution in [0.25, 0.3) is 0 Å². The number of allylic oxidation sites excluding steroid dienone is 1. The predicted octanol–water partition coefficient (Wildman–Crippen LogP) is 3.62. The summed E-state index contributed by atoms with van der Waals surface area (Å²) in [6.45, 7) is 2.74. The molecule has 12 heteroatoms. The standard InChI is InChI=1S/C26H30N4O3.C2HF3O2/c31-24(32)15-22-14-19(9-10-20-6-1-2-8-23(20)22)16-29-25(33)21-7-3-5-18(13-21)17-30-26-27-11-4-12-28-26;3-2(4,5)1(6)7/h1-3,5-9,13,22H,4,10-12,14-17H2,(H,29,33)(H,31,32)(H2,27,28,30);(H,6,7). The summed E-state index contributed by atoms with van der Waals surface area (Å²) in [6, 6.07) is 15.6. The summed E-state index contributed by atoms with van der Waals surface area (Å²) >= 11 is 0. The van der Waals surface area contributed by atoms with Gasteiger partial charge in [-0.05, 0) is 54.0 Å². The molecule has 0 fully saturated rings. The molecule has 1 unspecified atom stereocenters. The number of hydrogen-bond acceptors (Lipinski definition) is 6. The molecule has 1 heterocycles. The summed E-state index contributed by atoms with van der Waals surface area (Å²) < 4.78 is 31.7. The van der Waals surface area contributed by atoms with E-state index in [1.54, 1.807) is 6.07 Å².